The van der Waals surface area contributed by atoms with Crippen molar-refractivity contribution in [2.75, 3.05) is 0 Å². The monoisotopic (exact) mass is 527 g/mol. The summed E-state index contributed by atoms with van der Waals surface area (Å²) in [7, 11) is 0. The molecule has 0 bridgehead atoms. The van der Waals surface area contributed by atoms with Crippen molar-refractivity contribution in [3.8, 4) is 11.1 Å². The Hall–Kier alpha value is -4.42. The summed E-state index contributed by atoms with van der Waals surface area (Å²) in [5.41, 5.74) is 17.3. The molecule has 0 heteroatoms. The lowest BCUT2D eigenvalue weighted by Gasteiger charge is -2.23. The van der Waals surface area contributed by atoms with Gasteiger partial charge in [0.05, 0.1) is 0 Å². The Balaban J connectivity index is 1.67. The van der Waals surface area contributed by atoms with Gasteiger partial charge in [0.2, 0.25) is 0 Å². The van der Waals surface area contributed by atoms with Gasteiger partial charge in [-0.2, -0.15) is 0 Å². The molecule has 0 spiro atoms. The van der Waals surface area contributed by atoms with Gasteiger partial charge in [0.15, 0.2) is 0 Å². The van der Waals surface area contributed by atoms with Crippen LogP contribution in [0.5, 0.6) is 0 Å². The van der Waals surface area contributed by atoms with Crippen molar-refractivity contribution < 1.29 is 0 Å². The molecule has 0 heterocycles. The molecule has 5 aromatic carbocycles. The van der Waals surface area contributed by atoms with Crippen molar-refractivity contribution in [3.63, 3.8) is 0 Å². The molecule has 1 radical (unpaired) electrons. The molecule has 1 unspecified atom stereocenters. The molecule has 0 saturated heterocycles. The summed E-state index contributed by atoms with van der Waals surface area (Å²) in [6.45, 7) is 9.08. The van der Waals surface area contributed by atoms with E-state index in [0.717, 1.165) is 12.8 Å². The number of rotatable bonds is 5. The fourth-order valence-electron chi connectivity index (χ4n) is 7.02. The maximum absolute atomic E-state index is 3.95. The maximum Gasteiger partial charge on any atom is 0.0314 e. The predicted octanol–water partition coefficient (Wildman–Crippen LogP) is 8.60. The van der Waals surface area contributed by atoms with Crippen LogP contribution >= 0.6 is 0 Å². The van der Waals surface area contributed by atoms with E-state index in [4.69, 9.17) is 0 Å². The van der Waals surface area contributed by atoms with Crippen molar-refractivity contribution in [2.45, 2.75) is 46.5 Å². The summed E-state index contributed by atoms with van der Waals surface area (Å²) in [6, 6.07) is 38.3. The van der Waals surface area contributed by atoms with Gasteiger partial charge in [-0.15, -0.1) is 0 Å². The number of hydrogen-bond acceptors (Lipinski definition) is 0. The van der Waals surface area contributed by atoms with Gasteiger partial charge >= 0.3 is 0 Å². The van der Waals surface area contributed by atoms with Crippen molar-refractivity contribution in [3.05, 3.63) is 169 Å². The van der Waals surface area contributed by atoms with Crippen LogP contribution in [0.15, 0.2) is 109 Å². The highest BCUT2D eigenvalue weighted by Gasteiger charge is 2.30. The average molecular weight is 528 g/mol. The first-order chi connectivity index (χ1) is 20.1. The number of fused-ring (bicyclic) bond motifs is 4. The summed E-state index contributed by atoms with van der Waals surface area (Å²) in [5, 5.41) is 2.61. The van der Waals surface area contributed by atoms with E-state index in [1.165, 1.54) is 82.8 Å². The molecule has 0 saturated carbocycles. The standard InChI is InChI=1S/C41H35/c1-5-28-18-20-34-32(23-28)24-37-36(34)25-38(40(29-13-9-7-10-14-29)30-15-11-8-12-16-30)33(6-2)41(37)39-27(4)22-31-19-17-26(3)21-35(31)39/h7-23,25,39H,5-6H2,1-4H3. The minimum absolute atomic E-state index is 0.216. The Kier molecular flexibility index (Phi) is 6.36. The van der Waals surface area contributed by atoms with E-state index < -0.39 is 0 Å². The minimum Gasteiger partial charge on any atom is -0.0622 e. The van der Waals surface area contributed by atoms with E-state index >= 15 is 0 Å². The van der Waals surface area contributed by atoms with Crippen LogP contribution in [-0.2, 0) is 12.8 Å². The van der Waals surface area contributed by atoms with Gasteiger partial charge in [-0.25, -0.2) is 0 Å². The van der Waals surface area contributed by atoms with Crippen LogP contribution in [0.25, 0.3) is 28.9 Å². The van der Waals surface area contributed by atoms with Crippen LogP contribution in [0.3, 0.4) is 0 Å². The molecule has 199 valence electrons. The third-order valence-electron chi connectivity index (χ3n) is 8.95. The highest BCUT2D eigenvalue weighted by Crippen LogP contribution is 2.42. The number of hydrogen-bond donors (Lipinski definition) is 0. The molecule has 1 atom stereocenters. The summed E-state index contributed by atoms with van der Waals surface area (Å²) >= 11 is 0. The van der Waals surface area contributed by atoms with E-state index in [9.17, 15) is 0 Å². The molecule has 2 aliphatic carbocycles. The molecule has 0 aromatic heterocycles. The third-order valence-corrected chi connectivity index (χ3v) is 8.95. The van der Waals surface area contributed by atoms with Crippen LogP contribution in [0.4, 0.5) is 0 Å². The van der Waals surface area contributed by atoms with Gasteiger partial charge in [0.25, 0.3) is 0 Å². The molecule has 0 fully saturated rings. The minimum atomic E-state index is 0.216. The molecular formula is C41H35. The second-order valence-corrected chi connectivity index (χ2v) is 11.5. The first kappa shape index (κ1) is 25.5. The number of aryl methyl sites for hydroxylation is 2. The fraction of sp³-hybridized carbons (Fsp3) is 0.171. The van der Waals surface area contributed by atoms with Gasteiger partial charge in [-0.1, -0.05) is 128 Å². The largest absolute Gasteiger partial charge is 0.0622 e. The van der Waals surface area contributed by atoms with Crippen LogP contribution in [0.2, 0.25) is 0 Å². The van der Waals surface area contributed by atoms with E-state index in [1.807, 2.05) is 0 Å². The van der Waals surface area contributed by atoms with Gasteiger partial charge in [0.1, 0.15) is 0 Å². The van der Waals surface area contributed by atoms with Gasteiger partial charge in [0, 0.05) is 5.92 Å². The van der Waals surface area contributed by atoms with E-state index in [-0.39, 0.29) is 5.92 Å². The Labute approximate surface area is 244 Å². The molecule has 0 amide bonds. The molecule has 0 aliphatic heterocycles. The molecule has 0 nitrogen and oxygen atoms in total. The van der Waals surface area contributed by atoms with Crippen molar-refractivity contribution >= 4 is 17.7 Å². The summed E-state index contributed by atoms with van der Waals surface area (Å²) in [6.07, 6.45) is 8.32. The van der Waals surface area contributed by atoms with E-state index in [1.54, 1.807) is 0 Å². The zero-order chi connectivity index (χ0) is 28.1. The summed E-state index contributed by atoms with van der Waals surface area (Å²) in [5.74, 6) is 0.216. The molecule has 0 N–H and O–H groups in total. The highest BCUT2D eigenvalue weighted by atomic mass is 14.3. The maximum atomic E-state index is 3.95. The Morgan fingerprint density at radius 1 is 0.707 bits per heavy atom. The topological polar surface area (TPSA) is 0 Å². The molecule has 5 aromatic rings. The lowest BCUT2D eigenvalue weighted by Crippen LogP contribution is -2.27. The first-order valence-electron chi connectivity index (χ1n) is 14.9. The zero-order valence-electron chi connectivity index (χ0n) is 24.4. The van der Waals surface area contributed by atoms with Gasteiger partial charge in [-0.05, 0) is 110 Å². The van der Waals surface area contributed by atoms with Crippen LogP contribution in [-0.4, -0.2) is 0 Å². The normalized spacial score (nSPS) is 14.6. The second-order valence-electron chi connectivity index (χ2n) is 11.5. The van der Waals surface area contributed by atoms with Gasteiger partial charge < -0.3 is 0 Å². The molecule has 2 aliphatic rings. The number of allylic oxidation sites excluding steroid dienone is 1. The highest BCUT2D eigenvalue weighted by molar-refractivity contribution is 5.88. The van der Waals surface area contributed by atoms with Crippen molar-refractivity contribution in [2.24, 2.45) is 0 Å². The molecule has 41 heavy (non-hydrogen) atoms. The van der Waals surface area contributed by atoms with Crippen molar-refractivity contribution in [1.29, 1.82) is 0 Å². The quantitative estimate of drug-likeness (QED) is 0.211. The van der Waals surface area contributed by atoms with Gasteiger partial charge in [-0.3, -0.25) is 0 Å². The van der Waals surface area contributed by atoms with Crippen LogP contribution in [0, 0.1) is 6.92 Å². The summed E-state index contributed by atoms with van der Waals surface area (Å²) in [4.78, 5) is 0. The first-order valence-corrected chi connectivity index (χ1v) is 14.9. The second kappa shape index (κ2) is 10.2. The number of benzene rings is 5. The zero-order valence-corrected chi connectivity index (χ0v) is 24.4. The Bertz CT molecular complexity index is 1910. The smallest absolute Gasteiger partial charge is 0.0314 e. The Morgan fingerprint density at radius 3 is 2.07 bits per heavy atom. The summed E-state index contributed by atoms with van der Waals surface area (Å²) < 4.78 is 0. The van der Waals surface area contributed by atoms with Crippen molar-refractivity contribution in [1.82, 2.24) is 0 Å². The van der Waals surface area contributed by atoms with E-state index in [2.05, 4.69) is 143 Å². The lowest BCUT2D eigenvalue weighted by molar-refractivity contribution is 0.921. The average Bonchev–Trinajstić information content (AvgIpc) is 3.53. The molecular weight excluding hydrogens is 492 g/mol. The Morgan fingerprint density at radius 2 is 1.41 bits per heavy atom. The van der Waals surface area contributed by atoms with Crippen LogP contribution in [0.1, 0.15) is 76.8 Å². The third kappa shape index (κ3) is 4.21. The predicted molar refractivity (Wildman–Crippen MR) is 174 cm³/mol. The SMILES string of the molecule is CCc1ccc2c(c1)[C]=c1c-2cc(=C(c2ccccc2)c2ccccc2)c(CC)c1C1C(C)=Cc2ccc(C)cc21. The fourth-order valence-corrected chi connectivity index (χ4v) is 7.02. The van der Waals surface area contributed by atoms with Crippen LogP contribution < -0.4 is 10.4 Å². The lowest BCUT2D eigenvalue weighted by atomic mass is 9.80. The van der Waals surface area contributed by atoms with E-state index in [0.29, 0.717) is 0 Å². The molecule has 7 rings (SSSR count).